The molecule has 1 aliphatic rings. The zero-order chi connectivity index (χ0) is 14.5. The molecule has 7 heteroatoms. The lowest BCUT2D eigenvalue weighted by molar-refractivity contribution is -0.123. The van der Waals surface area contributed by atoms with Crippen LogP contribution in [0.5, 0.6) is 0 Å². The minimum Gasteiger partial charge on any atom is -0.465 e. The summed E-state index contributed by atoms with van der Waals surface area (Å²) in [4.78, 5) is 22.7. The number of carbonyl (C=O) groups is 2. The normalized spacial score (nSPS) is 22.2. The molecule has 1 aromatic carbocycles. The molecule has 20 heavy (non-hydrogen) atoms. The van der Waals surface area contributed by atoms with E-state index in [9.17, 15) is 9.59 Å². The van der Waals surface area contributed by atoms with Gasteiger partial charge in [-0.25, -0.2) is 4.79 Å². The van der Waals surface area contributed by atoms with E-state index in [0.29, 0.717) is 17.7 Å². The van der Waals surface area contributed by atoms with E-state index in [1.54, 1.807) is 12.1 Å². The Hall–Kier alpha value is -1.57. The molecule has 108 valence electrons. The minimum atomic E-state index is -0.351. The number of amides is 1. The molecule has 1 fully saturated rings. The fraction of sp³-hybridized carbons (Fsp3) is 0.385. The smallest absolute Gasteiger partial charge is 0.337 e. The van der Waals surface area contributed by atoms with Crippen molar-refractivity contribution >= 4 is 23.6 Å². The molecule has 2 atom stereocenters. The molecule has 0 aromatic heterocycles. The van der Waals surface area contributed by atoms with E-state index in [4.69, 9.17) is 5.73 Å². The molecular formula is C13H17N3O3S. The molecule has 6 nitrogen and oxygen atoms in total. The summed E-state index contributed by atoms with van der Waals surface area (Å²) in [6.45, 7) is 0. The first-order valence-corrected chi connectivity index (χ1v) is 7.23. The lowest BCUT2D eigenvalue weighted by atomic mass is 10.1. The second kappa shape index (κ2) is 6.74. The van der Waals surface area contributed by atoms with Gasteiger partial charge in [-0.05, 0) is 17.7 Å². The van der Waals surface area contributed by atoms with Gasteiger partial charge in [-0.15, -0.1) is 11.8 Å². The van der Waals surface area contributed by atoms with Gasteiger partial charge in [-0.1, -0.05) is 12.1 Å². The Labute approximate surface area is 121 Å². The zero-order valence-electron chi connectivity index (χ0n) is 11.1. The number of thioether (sulfide) groups is 1. The number of nitrogens with one attached hydrogen (secondary N) is 2. The van der Waals surface area contributed by atoms with Crippen molar-refractivity contribution in [3.05, 3.63) is 35.4 Å². The van der Waals surface area contributed by atoms with Crippen LogP contribution in [0, 0.1) is 0 Å². The topological polar surface area (TPSA) is 93.5 Å². The molecule has 1 amide bonds. The van der Waals surface area contributed by atoms with Crippen LogP contribution in [0.1, 0.15) is 22.3 Å². The molecular weight excluding hydrogens is 278 g/mol. The first-order chi connectivity index (χ1) is 9.58. The van der Waals surface area contributed by atoms with Crippen molar-refractivity contribution in [2.45, 2.75) is 23.8 Å². The zero-order valence-corrected chi connectivity index (χ0v) is 11.9. The average molecular weight is 295 g/mol. The fourth-order valence-corrected chi connectivity index (χ4v) is 2.86. The summed E-state index contributed by atoms with van der Waals surface area (Å²) >= 11 is 1.54. The molecule has 4 N–H and O–H groups in total. The van der Waals surface area contributed by atoms with E-state index in [1.165, 1.54) is 18.9 Å². The van der Waals surface area contributed by atoms with Crippen LogP contribution in [0.2, 0.25) is 0 Å². The molecule has 1 saturated heterocycles. The summed E-state index contributed by atoms with van der Waals surface area (Å²) in [7, 11) is 1.35. The second-order valence-corrected chi connectivity index (χ2v) is 5.52. The summed E-state index contributed by atoms with van der Waals surface area (Å²) in [5.74, 6) is 0.303. The van der Waals surface area contributed by atoms with Crippen LogP contribution in [0.4, 0.5) is 0 Å². The number of ether oxygens (including phenoxy) is 1. The first-order valence-electron chi connectivity index (χ1n) is 6.18. The maximum Gasteiger partial charge on any atom is 0.337 e. The van der Waals surface area contributed by atoms with Crippen molar-refractivity contribution in [1.82, 2.24) is 10.6 Å². The molecule has 0 spiro atoms. The van der Waals surface area contributed by atoms with Gasteiger partial charge >= 0.3 is 5.97 Å². The van der Waals surface area contributed by atoms with E-state index < -0.39 is 0 Å². The number of methoxy groups -OCH3 is 1. The summed E-state index contributed by atoms with van der Waals surface area (Å²) in [5.41, 5.74) is 7.10. The van der Waals surface area contributed by atoms with Gasteiger partial charge in [0.05, 0.1) is 25.3 Å². The Balaban J connectivity index is 1.87. The molecule has 1 heterocycles. The Morgan fingerprint density at radius 3 is 2.75 bits per heavy atom. The maximum atomic E-state index is 11.4. The van der Waals surface area contributed by atoms with Crippen LogP contribution >= 0.6 is 11.8 Å². The van der Waals surface area contributed by atoms with Gasteiger partial charge in [0.15, 0.2) is 0 Å². The number of hydrogen-bond donors (Lipinski definition) is 3. The van der Waals surface area contributed by atoms with E-state index in [0.717, 1.165) is 5.56 Å². The van der Waals surface area contributed by atoms with Gasteiger partial charge in [0.2, 0.25) is 5.91 Å². The van der Waals surface area contributed by atoms with Crippen LogP contribution in [-0.4, -0.2) is 30.6 Å². The first kappa shape index (κ1) is 14.8. The van der Waals surface area contributed by atoms with Gasteiger partial charge in [0.1, 0.15) is 5.50 Å². The quantitative estimate of drug-likeness (QED) is 0.696. The van der Waals surface area contributed by atoms with Crippen LogP contribution < -0.4 is 16.4 Å². The molecule has 2 rings (SSSR count). The van der Waals surface area contributed by atoms with Crippen LogP contribution in [0.25, 0.3) is 0 Å². The Bertz CT molecular complexity index is 492. The third-order valence-electron chi connectivity index (χ3n) is 2.85. The number of esters is 1. The predicted octanol–water partition coefficient (Wildman–Crippen LogP) is 0.384. The van der Waals surface area contributed by atoms with Crippen molar-refractivity contribution in [2.24, 2.45) is 5.73 Å². The van der Waals surface area contributed by atoms with Crippen molar-refractivity contribution < 1.29 is 14.3 Å². The van der Waals surface area contributed by atoms with Crippen molar-refractivity contribution in [1.29, 1.82) is 0 Å². The number of benzene rings is 1. The second-order valence-electron chi connectivity index (χ2n) is 4.42. The SMILES string of the molecule is COC(=O)c1ccc(CSC2NC(=O)CC(N)N2)cc1. The molecule has 1 aliphatic heterocycles. The van der Waals surface area contributed by atoms with Gasteiger partial charge in [0, 0.05) is 5.75 Å². The molecule has 0 aliphatic carbocycles. The molecule has 0 radical (unpaired) electrons. The van der Waals surface area contributed by atoms with E-state index in [-0.39, 0.29) is 23.5 Å². The third kappa shape index (κ3) is 3.96. The third-order valence-corrected chi connectivity index (χ3v) is 3.94. The van der Waals surface area contributed by atoms with E-state index >= 15 is 0 Å². The molecule has 0 bridgehead atoms. The highest BCUT2D eigenvalue weighted by Crippen LogP contribution is 2.17. The van der Waals surface area contributed by atoms with Crippen molar-refractivity contribution in [3.63, 3.8) is 0 Å². The molecule has 0 saturated carbocycles. The highest BCUT2D eigenvalue weighted by Gasteiger charge is 2.23. The van der Waals surface area contributed by atoms with Gasteiger partial charge in [-0.2, -0.15) is 0 Å². The summed E-state index contributed by atoms with van der Waals surface area (Å²) in [5, 5.41) is 5.90. The fourth-order valence-electron chi connectivity index (χ4n) is 1.82. The maximum absolute atomic E-state index is 11.4. The highest BCUT2D eigenvalue weighted by atomic mass is 32.2. The monoisotopic (exact) mass is 295 g/mol. The van der Waals surface area contributed by atoms with Gasteiger partial charge < -0.3 is 15.8 Å². The molecule has 1 aromatic rings. The van der Waals surface area contributed by atoms with Crippen LogP contribution in [0.15, 0.2) is 24.3 Å². The lowest BCUT2D eigenvalue weighted by Gasteiger charge is -2.28. The number of carbonyl (C=O) groups excluding carboxylic acids is 2. The van der Waals surface area contributed by atoms with Crippen LogP contribution in [0.3, 0.4) is 0 Å². The largest absolute Gasteiger partial charge is 0.465 e. The average Bonchev–Trinajstić information content (AvgIpc) is 2.44. The predicted molar refractivity (Wildman–Crippen MR) is 76.7 cm³/mol. The number of hydrogen-bond acceptors (Lipinski definition) is 6. The van der Waals surface area contributed by atoms with E-state index in [1.807, 2.05) is 12.1 Å². The summed E-state index contributed by atoms with van der Waals surface area (Å²) in [6.07, 6.45) is -0.00631. The molecule has 2 unspecified atom stereocenters. The Morgan fingerprint density at radius 1 is 1.45 bits per heavy atom. The van der Waals surface area contributed by atoms with Gasteiger partial charge in [0.25, 0.3) is 0 Å². The van der Waals surface area contributed by atoms with Gasteiger partial charge in [-0.3, -0.25) is 10.1 Å². The Kier molecular flexibility index (Phi) is 4.99. The van der Waals surface area contributed by atoms with Crippen LogP contribution in [-0.2, 0) is 15.3 Å². The van der Waals surface area contributed by atoms with Crippen molar-refractivity contribution in [2.75, 3.05) is 7.11 Å². The summed E-state index contributed by atoms with van der Waals surface area (Å²) < 4.78 is 4.64. The highest BCUT2D eigenvalue weighted by molar-refractivity contribution is 7.99. The minimum absolute atomic E-state index is 0.0465. The lowest BCUT2D eigenvalue weighted by Crippen LogP contribution is -2.57. The van der Waals surface area contributed by atoms with Crippen molar-refractivity contribution in [3.8, 4) is 0 Å². The standard InChI is InChI=1S/C13H17N3O3S/c1-19-12(18)9-4-2-8(3-5-9)7-20-13-15-10(14)6-11(17)16-13/h2-5,10,13,15H,6-7,14H2,1H3,(H,16,17). The summed E-state index contributed by atoms with van der Waals surface area (Å²) in [6, 6.07) is 7.17. The number of nitrogens with two attached hydrogens (primary N) is 1. The Morgan fingerprint density at radius 2 is 2.15 bits per heavy atom. The number of rotatable bonds is 4. The van der Waals surface area contributed by atoms with E-state index in [2.05, 4.69) is 15.4 Å².